The molecule has 17 heavy (non-hydrogen) atoms. The number of carbonyl (C=O) groups is 1. The van der Waals surface area contributed by atoms with Crippen molar-refractivity contribution in [3.05, 3.63) is 26.6 Å². The Morgan fingerprint density at radius 3 is 2.53 bits per heavy atom. The molecular formula is C10H8Br2F2O3. The average molecular weight is 374 g/mol. The normalized spacial score (nSPS) is 10.5. The second-order valence-electron chi connectivity index (χ2n) is 2.86. The zero-order valence-corrected chi connectivity index (χ0v) is 11.8. The van der Waals surface area contributed by atoms with Crippen molar-refractivity contribution in [2.75, 3.05) is 6.61 Å². The fraction of sp³-hybridized carbons (Fsp3) is 0.300. The molecule has 7 heteroatoms. The van der Waals surface area contributed by atoms with E-state index >= 15 is 0 Å². The molecule has 0 N–H and O–H groups in total. The molecule has 0 aliphatic carbocycles. The van der Waals surface area contributed by atoms with E-state index in [1.54, 1.807) is 6.92 Å². The fourth-order valence-corrected chi connectivity index (χ4v) is 2.33. The van der Waals surface area contributed by atoms with E-state index in [4.69, 9.17) is 4.74 Å². The van der Waals surface area contributed by atoms with Crippen molar-refractivity contribution < 1.29 is 23.0 Å². The number of benzene rings is 1. The molecule has 0 aliphatic rings. The summed E-state index contributed by atoms with van der Waals surface area (Å²) in [6, 6.07) is 2.64. The van der Waals surface area contributed by atoms with Gasteiger partial charge in [0.1, 0.15) is 5.75 Å². The van der Waals surface area contributed by atoms with Crippen LogP contribution < -0.4 is 4.74 Å². The monoisotopic (exact) mass is 372 g/mol. The van der Waals surface area contributed by atoms with Crippen molar-refractivity contribution >= 4 is 37.8 Å². The van der Waals surface area contributed by atoms with Crippen LogP contribution in [0.4, 0.5) is 8.78 Å². The molecular weight excluding hydrogens is 366 g/mol. The molecule has 94 valence electrons. The quantitative estimate of drug-likeness (QED) is 0.748. The number of hydrogen-bond acceptors (Lipinski definition) is 3. The van der Waals surface area contributed by atoms with Gasteiger partial charge in [-0.2, -0.15) is 8.78 Å². The zero-order valence-electron chi connectivity index (χ0n) is 8.68. The summed E-state index contributed by atoms with van der Waals surface area (Å²) in [4.78, 5) is 11.5. The molecule has 0 bridgehead atoms. The summed E-state index contributed by atoms with van der Waals surface area (Å²) in [7, 11) is 0. The Hall–Kier alpha value is -0.690. The maximum atomic E-state index is 12.1. The van der Waals surface area contributed by atoms with Gasteiger partial charge in [-0.1, -0.05) is 0 Å². The van der Waals surface area contributed by atoms with Crippen LogP contribution in [-0.4, -0.2) is 19.2 Å². The third kappa shape index (κ3) is 3.92. The first-order valence-corrected chi connectivity index (χ1v) is 6.15. The van der Waals surface area contributed by atoms with E-state index in [1.165, 1.54) is 12.1 Å². The lowest BCUT2D eigenvalue weighted by Crippen LogP contribution is -2.08. The van der Waals surface area contributed by atoms with E-state index in [-0.39, 0.29) is 17.9 Å². The first-order valence-electron chi connectivity index (χ1n) is 4.56. The smallest absolute Gasteiger partial charge is 0.387 e. The highest BCUT2D eigenvalue weighted by Crippen LogP contribution is 2.33. The average Bonchev–Trinajstić information content (AvgIpc) is 2.21. The molecule has 0 unspecified atom stereocenters. The lowest BCUT2D eigenvalue weighted by atomic mass is 10.2. The van der Waals surface area contributed by atoms with Crippen molar-refractivity contribution in [3.63, 3.8) is 0 Å². The molecule has 0 amide bonds. The molecule has 0 saturated heterocycles. The van der Waals surface area contributed by atoms with Crippen molar-refractivity contribution in [1.82, 2.24) is 0 Å². The van der Waals surface area contributed by atoms with E-state index in [1.807, 2.05) is 0 Å². The van der Waals surface area contributed by atoms with Gasteiger partial charge in [0.05, 0.1) is 16.6 Å². The zero-order chi connectivity index (χ0) is 13.0. The maximum Gasteiger partial charge on any atom is 0.387 e. The molecule has 0 aliphatic heterocycles. The standard InChI is InChI=1S/C10H8Br2F2O3/c1-2-16-9(15)5-3-8(17-10(13)14)7(12)4-6(5)11/h3-4,10H,2H2,1H3. The third-order valence-electron chi connectivity index (χ3n) is 1.73. The SMILES string of the molecule is CCOC(=O)c1cc(OC(F)F)c(Br)cc1Br. The van der Waals surface area contributed by atoms with Crippen LogP contribution in [0.5, 0.6) is 5.75 Å². The molecule has 3 nitrogen and oxygen atoms in total. The number of esters is 1. The van der Waals surface area contributed by atoms with Gasteiger partial charge in [-0.15, -0.1) is 0 Å². The van der Waals surface area contributed by atoms with Crippen LogP contribution in [0.1, 0.15) is 17.3 Å². The third-order valence-corrected chi connectivity index (χ3v) is 3.01. The minimum Gasteiger partial charge on any atom is -0.462 e. The van der Waals surface area contributed by atoms with Gasteiger partial charge in [-0.3, -0.25) is 0 Å². The Bertz CT molecular complexity index is 424. The Labute approximate surface area is 113 Å². The van der Waals surface area contributed by atoms with Crippen molar-refractivity contribution in [1.29, 1.82) is 0 Å². The van der Waals surface area contributed by atoms with Crippen LogP contribution in [0.25, 0.3) is 0 Å². The van der Waals surface area contributed by atoms with E-state index in [9.17, 15) is 13.6 Å². The predicted molar refractivity (Wildman–Crippen MR) is 64.4 cm³/mol. The molecule has 0 saturated carbocycles. The molecule has 0 aromatic heterocycles. The molecule has 0 atom stereocenters. The Morgan fingerprint density at radius 2 is 2.00 bits per heavy atom. The van der Waals surface area contributed by atoms with E-state index in [0.717, 1.165) is 0 Å². The number of alkyl halides is 2. The van der Waals surface area contributed by atoms with E-state index in [2.05, 4.69) is 36.6 Å². The van der Waals surface area contributed by atoms with Gasteiger partial charge in [0.15, 0.2) is 0 Å². The van der Waals surface area contributed by atoms with Crippen LogP contribution in [0, 0.1) is 0 Å². The fourth-order valence-electron chi connectivity index (χ4n) is 1.08. The predicted octanol–water partition coefficient (Wildman–Crippen LogP) is 3.99. The van der Waals surface area contributed by atoms with Gasteiger partial charge < -0.3 is 9.47 Å². The largest absolute Gasteiger partial charge is 0.462 e. The van der Waals surface area contributed by atoms with E-state index in [0.29, 0.717) is 8.95 Å². The molecule has 1 rings (SSSR count). The summed E-state index contributed by atoms with van der Waals surface area (Å²) in [6.07, 6.45) is 0. The first-order chi connectivity index (χ1) is 7.95. The molecule has 0 radical (unpaired) electrons. The van der Waals surface area contributed by atoms with Gasteiger partial charge in [0, 0.05) is 4.47 Å². The summed E-state index contributed by atoms with van der Waals surface area (Å²) in [5.74, 6) is -0.725. The number of ether oxygens (including phenoxy) is 2. The van der Waals surface area contributed by atoms with Crippen LogP contribution in [-0.2, 0) is 4.74 Å². The van der Waals surface area contributed by atoms with Gasteiger partial charge in [0.25, 0.3) is 0 Å². The lowest BCUT2D eigenvalue weighted by Gasteiger charge is -2.10. The van der Waals surface area contributed by atoms with Crippen molar-refractivity contribution in [2.45, 2.75) is 13.5 Å². The summed E-state index contributed by atoms with van der Waals surface area (Å²) in [6.45, 7) is -1.10. The topological polar surface area (TPSA) is 35.5 Å². The minimum absolute atomic E-state index is 0.119. The highest BCUT2D eigenvalue weighted by Gasteiger charge is 2.17. The van der Waals surface area contributed by atoms with Crippen molar-refractivity contribution in [2.24, 2.45) is 0 Å². The Balaban J connectivity index is 3.09. The second kappa shape index (κ2) is 6.30. The number of rotatable bonds is 4. The first kappa shape index (κ1) is 14.4. The lowest BCUT2D eigenvalue weighted by molar-refractivity contribution is -0.0504. The molecule has 0 heterocycles. The second-order valence-corrected chi connectivity index (χ2v) is 4.57. The maximum absolute atomic E-state index is 12.1. The molecule has 1 aromatic carbocycles. The summed E-state index contributed by atoms with van der Waals surface area (Å²) in [5, 5.41) is 0. The number of carbonyl (C=O) groups excluding carboxylic acids is 1. The van der Waals surface area contributed by atoms with Gasteiger partial charge >= 0.3 is 12.6 Å². The van der Waals surface area contributed by atoms with Crippen LogP contribution in [0.3, 0.4) is 0 Å². The minimum atomic E-state index is -2.96. The van der Waals surface area contributed by atoms with Crippen molar-refractivity contribution in [3.8, 4) is 5.75 Å². The van der Waals surface area contributed by atoms with Crippen LogP contribution in [0.15, 0.2) is 21.1 Å². The van der Waals surface area contributed by atoms with E-state index < -0.39 is 12.6 Å². The highest BCUT2D eigenvalue weighted by molar-refractivity contribution is 9.11. The highest BCUT2D eigenvalue weighted by atomic mass is 79.9. The molecule has 1 aromatic rings. The molecule has 0 fully saturated rings. The van der Waals surface area contributed by atoms with Crippen LogP contribution in [0.2, 0.25) is 0 Å². The summed E-state index contributed by atoms with van der Waals surface area (Å²) < 4.78 is 34.0. The van der Waals surface area contributed by atoms with Gasteiger partial charge in [0.2, 0.25) is 0 Å². The number of halogens is 4. The van der Waals surface area contributed by atoms with Crippen LogP contribution >= 0.6 is 31.9 Å². The molecule has 0 spiro atoms. The summed E-state index contributed by atoms with van der Waals surface area (Å²) in [5.41, 5.74) is 0.130. The number of hydrogen-bond donors (Lipinski definition) is 0. The Morgan fingerprint density at radius 1 is 1.35 bits per heavy atom. The Kier molecular flexibility index (Phi) is 5.32. The van der Waals surface area contributed by atoms with Gasteiger partial charge in [-0.25, -0.2) is 4.79 Å². The summed E-state index contributed by atoms with van der Waals surface area (Å²) >= 11 is 6.20. The van der Waals surface area contributed by atoms with Gasteiger partial charge in [-0.05, 0) is 50.9 Å².